The lowest BCUT2D eigenvalue weighted by molar-refractivity contribution is 0.275. The molecule has 16 heavy (non-hydrogen) atoms. The zero-order valence-electron chi connectivity index (χ0n) is 9.30. The highest BCUT2D eigenvalue weighted by Crippen LogP contribution is 2.16. The van der Waals surface area contributed by atoms with Crippen molar-refractivity contribution in [1.29, 1.82) is 0 Å². The second kappa shape index (κ2) is 5.12. The molecule has 1 fully saturated rings. The zero-order chi connectivity index (χ0) is 11.4. The summed E-state index contributed by atoms with van der Waals surface area (Å²) < 4.78 is 1.40. The van der Waals surface area contributed by atoms with Gasteiger partial charge in [-0.05, 0) is 19.3 Å². The summed E-state index contributed by atoms with van der Waals surface area (Å²) >= 11 is 0. The van der Waals surface area contributed by atoms with E-state index in [0.29, 0.717) is 13.0 Å². The van der Waals surface area contributed by atoms with Crippen molar-refractivity contribution < 1.29 is 5.11 Å². The predicted octanol–water partition coefficient (Wildman–Crippen LogP) is 0.226. The molecule has 0 atom stereocenters. The minimum absolute atomic E-state index is 0.0853. The molecular formula is C11H17N3O2. The van der Waals surface area contributed by atoms with Crippen LogP contribution in [0.3, 0.4) is 0 Å². The molecule has 1 aromatic heterocycles. The van der Waals surface area contributed by atoms with Crippen molar-refractivity contribution in [3.63, 3.8) is 0 Å². The lowest BCUT2D eigenvalue weighted by Gasteiger charge is -2.16. The third-order valence-corrected chi connectivity index (χ3v) is 2.85. The van der Waals surface area contributed by atoms with Gasteiger partial charge >= 0.3 is 0 Å². The first kappa shape index (κ1) is 11.1. The number of anilines is 1. The highest BCUT2D eigenvalue weighted by atomic mass is 16.3. The summed E-state index contributed by atoms with van der Waals surface area (Å²) in [6, 6.07) is 1.63. The molecule has 2 heterocycles. The maximum absolute atomic E-state index is 11.7. The summed E-state index contributed by atoms with van der Waals surface area (Å²) in [6.07, 6.45) is 4.68. The maximum atomic E-state index is 11.7. The number of aromatic nitrogens is 2. The van der Waals surface area contributed by atoms with Crippen molar-refractivity contribution in [2.24, 2.45) is 0 Å². The Hall–Kier alpha value is -1.36. The molecule has 1 aromatic rings. The van der Waals surface area contributed by atoms with Crippen molar-refractivity contribution in [3.05, 3.63) is 22.6 Å². The van der Waals surface area contributed by atoms with E-state index in [9.17, 15) is 4.79 Å². The van der Waals surface area contributed by atoms with Crippen molar-refractivity contribution >= 4 is 5.69 Å². The monoisotopic (exact) mass is 223 g/mol. The molecule has 0 radical (unpaired) electrons. The van der Waals surface area contributed by atoms with Gasteiger partial charge in [0.2, 0.25) is 0 Å². The number of aliphatic hydroxyl groups excluding tert-OH is 1. The molecule has 0 unspecified atom stereocenters. The SMILES string of the molecule is O=c1cc(N2CCCC2)cnn1CCCO. The van der Waals surface area contributed by atoms with Crippen LogP contribution in [0.2, 0.25) is 0 Å². The van der Waals surface area contributed by atoms with E-state index < -0.39 is 0 Å². The molecule has 5 heteroatoms. The number of hydrogen-bond donors (Lipinski definition) is 1. The van der Waals surface area contributed by atoms with Crippen molar-refractivity contribution in [2.75, 3.05) is 24.6 Å². The predicted molar refractivity (Wildman–Crippen MR) is 61.6 cm³/mol. The van der Waals surface area contributed by atoms with Crippen molar-refractivity contribution in [1.82, 2.24) is 9.78 Å². The Morgan fingerprint density at radius 1 is 1.38 bits per heavy atom. The van der Waals surface area contributed by atoms with Gasteiger partial charge in [0.05, 0.1) is 11.9 Å². The van der Waals surface area contributed by atoms with E-state index in [1.165, 1.54) is 17.5 Å². The molecule has 1 aliphatic rings. The van der Waals surface area contributed by atoms with Gasteiger partial charge in [-0.2, -0.15) is 5.10 Å². The summed E-state index contributed by atoms with van der Waals surface area (Å²) in [5, 5.41) is 12.8. The molecule has 0 amide bonds. The Morgan fingerprint density at radius 3 is 2.75 bits per heavy atom. The molecule has 1 aliphatic heterocycles. The van der Waals surface area contributed by atoms with Crippen LogP contribution in [0.1, 0.15) is 19.3 Å². The van der Waals surface area contributed by atoms with E-state index in [4.69, 9.17) is 5.11 Å². The van der Waals surface area contributed by atoms with E-state index in [2.05, 4.69) is 10.00 Å². The Balaban J connectivity index is 2.12. The van der Waals surface area contributed by atoms with Crippen LogP contribution in [-0.2, 0) is 6.54 Å². The van der Waals surface area contributed by atoms with E-state index in [1.807, 2.05) is 0 Å². The van der Waals surface area contributed by atoms with Gasteiger partial charge in [0.15, 0.2) is 0 Å². The molecule has 88 valence electrons. The first-order valence-electron chi connectivity index (χ1n) is 5.74. The van der Waals surface area contributed by atoms with Crippen LogP contribution in [0, 0.1) is 0 Å². The summed E-state index contributed by atoms with van der Waals surface area (Å²) in [5.41, 5.74) is 0.834. The van der Waals surface area contributed by atoms with Gasteiger partial charge in [-0.25, -0.2) is 4.68 Å². The molecule has 0 bridgehead atoms. The highest BCUT2D eigenvalue weighted by Gasteiger charge is 2.13. The second-order valence-corrected chi connectivity index (χ2v) is 4.05. The molecular weight excluding hydrogens is 206 g/mol. The molecule has 0 aliphatic carbocycles. The van der Waals surface area contributed by atoms with Gasteiger partial charge in [0.1, 0.15) is 0 Å². The van der Waals surface area contributed by atoms with Crippen LogP contribution in [0.15, 0.2) is 17.1 Å². The van der Waals surface area contributed by atoms with Gasteiger partial charge in [0, 0.05) is 32.3 Å². The molecule has 0 aromatic carbocycles. The number of aryl methyl sites for hydroxylation is 1. The fourth-order valence-electron chi connectivity index (χ4n) is 1.96. The summed E-state index contributed by atoms with van der Waals surface area (Å²) in [7, 11) is 0. The first-order chi connectivity index (χ1) is 7.81. The normalized spacial score (nSPS) is 15.7. The van der Waals surface area contributed by atoms with Crippen molar-refractivity contribution in [2.45, 2.75) is 25.8 Å². The van der Waals surface area contributed by atoms with Gasteiger partial charge in [0.25, 0.3) is 5.56 Å². The molecule has 1 saturated heterocycles. The Bertz CT molecular complexity index is 396. The van der Waals surface area contributed by atoms with Crippen molar-refractivity contribution in [3.8, 4) is 0 Å². The Labute approximate surface area is 94.3 Å². The zero-order valence-corrected chi connectivity index (χ0v) is 9.30. The van der Waals surface area contributed by atoms with Gasteiger partial charge < -0.3 is 10.0 Å². The van der Waals surface area contributed by atoms with Crippen LogP contribution < -0.4 is 10.5 Å². The molecule has 1 N–H and O–H groups in total. The second-order valence-electron chi connectivity index (χ2n) is 4.05. The van der Waals surface area contributed by atoms with Crippen LogP contribution in [0.25, 0.3) is 0 Å². The third kappa shape index (κ3) is 2.41. The number of hydrogen-bond acceptors (Lipinski definition) is 4. The Kier molecular flexibility index (Phi) is 3.56. The fraction of sp³-hybridized carbons (Fsp3) is 0.636. The van der Waals surface area contributed by atoms with Crippen LogP contribution in [-0.4, -0.2) is 34.6 Å². The minimum Gasteiger partial charge on any atom is -0.396 e. The van der Waals surface area contributed by atoms with E-state index in [1.54, 1.807) is 12.3 Å². The average Bonchev–Trinajstić information content (AvgIpc) is 2.81. The lowest BCUT2D eigenvalue weighted by atomic mass is 10.4. The van der Waals surface area contributed by atoms with E-state index in [-0.39, 0.29) is 12.2 Å². The topological polar surface area (TPSA) is 58.4 Å². The first-order valence-corrected chi connectivity index (χ1v) is 5.74. The largest absolute Gasteiger partial charge is 0.396 e. The number of rotatable bonds is 4. The molecule has 5 nitrogen and oxygen atoms in total. The molecule has 2 rings (SSSR count). The number of aliphatic hydroxyl groups is 1. The van der Waals surface area contributed by atoms with Crippen LogP contribution in [0.4, 0.5) is 5.69 Å². The van der Waals surface area contributed by atoms with Gasteiger partial charge in [-0.1, -0.05) is 0 Å². The smallest absolute Gasteiger partial charge is 0.268 e. The van der Waals surface area contributed by atoms with E-state index >= 15 is 0 Å². The highest BCUT2D eigenvalue weighted by molar-refractivity contribution is 5.43. The summed E-state index contributed by atoms with van der Waals surface area (Å²) in [4.78, 5) is 13.9. The quantitative estimate of drug-likeness (QED) is 0.793. The van der Waals surface area contributed by atoms with Gasteiger partial charge in [-0.15, -0.1) is 0 Å². The lowest BCUT2D eigenvalue weighted by Crippen LogP contribution is -2.26. The molecule has 0 saturated carbocycles. The third-order valence-electron chi connectivity index (χ3n) is 2.85. The van der Waals surface area contributed by atoms with E-state index in [0.717, 1.165) is 18.8 Å². The van der Waals surface area contributed by atoms with Crippen LogP contribution in [0.5, 0.6) is 0 Å². The minimum atomic E-state index is -0.0853. The maximum Gasteiger partial charge on any atom is 0.268 e. The number of nitrogens with zero attached hydrogens (tertiary/aromatic N) is 3. The van der Waals surface area contributed by atoms with Crippen LogP contribution >= 0.6 is 0 Å². The fourth-order valence-corrected chi connectivity index (χ4v) is 1.96. The Morgan fingerprint density at radius 2 is 2.12 bits per heavy atom. The molecule has 0 spiro atoms. The average molecular weight is 223 g/mol. The van der Waals surface area contributed by atoms with Gasteiger partial charge in [-0.3, -0.25) is 4.79 Å². The summed E-state index contributed by atoms with van der Waals surface area (Å²) in [5.74, 6) is 0. The summed E-state index contributed by atoms with van der Waals surface area (Å²) in [6.45, 7) is 2.60. The standard InChI is InChI=1S/C11H17N3O2/c15-7-3-6-14-11(16)8-10(9-12-14)13-4-1-2-5-13/h8-9,15H,1-7H2.